The lowest BCUT2D eigenvalue weighted by Gasteiger charge is -2.27. The minimum atomic E-state index is -0.437. The molecule has 2 aromatic heterocycles. The third-order valence-electron chi connectivity index (χ3n) is 10.7. The van der Waals surface area contributed by atoms with Gasteiger partial charge in [0.15, 0.2) is 5.84 Å². The zero-order chi connectivity index (χ0) is 37.7. The van der Waals surface area contributed by atoms with Crippen LogP contribution in [-0.2, 0) is 0 Å². The molecule has 1 atom stereocenters. The van der Waals surface area contributed by atoms with Gasteiger partial charge < -0.3 is 19.1 Å². The smallest absolute Gasteiger partial charge is 0.163 e. The number of hydrogen-bond donors (Lipinski definition) is 1. The summed E-state index contributed by atoms with van der Waals surface area (Å²) in [6.45, 7) is 0. The first-order valence-electron chi connectivity index (χ1n) is 19.1. The van der Waals surface area contributed by atoms with Crippen molar-refractivity contribution < 1.29 is 8.83 Å². The van der Waals surface area contributed by atoms with E-state index in [1.54, 1.807) is 0 Å². The normalized spacial score (nSPS) is 14.1. The number of benzene rings is 8. The minimum absolute atomic E-state index is 0.437. The third kappa shape index (κ3) is 5.74. The van der Waals surface area contributed by atoms with Crippen LogP contribution in [0.1, 0.15) is 22.9 Å². The summed E-state index contributed by atoms with van der Waals surface area (Å²) >= 11 is 0. The summed E-state index contributed by atoms with van der Waals surface area (Å²) in [6, 6.07) is 66.9. The predicted molar refractivity (Wildman–Crippen MR) is 233 cm³/mol. The van der Waals surface area contributed by atoms with E-state index >= 15 is 0 Å². The van der Waals surface area contributed by atoms with Gasteiger partial charge in [0.25, 0.3) is 0 Å². The first-order chi connectivity index (χ1) is 28.2. The second-order valence-electron chi connectivity index (χ2n) is 14.2. The highest BCUT2D eigenvalue weighted by molar-refractivity contribution is 6.22. The van der Waals surface area contributed by atoms with Crippen molar-refractivity contribution in [3.8, 4) is 11.1 Å². The fourth-order valence-electron chi connectivity index (χ4n) is 8.01. The van der Waals surface area contributed by atoms with Gasteiger partial charge in [0.2, 0.25) is 0 Å². The van der Waals surface area contributed by atoms with Gasteiger partial charge in [-0.2, -0.15) is 0 Å². The lowest BCUT2D eigenvalue weighted by Crippen LogP contribution is -2.33. The molecule has 6 nitrogen and oxygen atoms in total. The number of nitrogens with zero attached hydrogens (tertiary/aromatic N) is 3. The van der Waals surface area contributed by atoms with Gasteiger partial charge in [-0.05, 0) is 65.7 Å². The second-order valence-corrected chi connectivity index (χ2v) is 14.2. The first kappa shape index (κ1) is 32.7. The molecule has 0 bridgehead atoms. The van der Waals surface area contributed by atoms with Gasteiger partial charge in [-0.3, -0.25) is 0 Å². The Bertz CT molecular complexity index is 3150. The Hall–Kier alpha value is -7.70. The predicted octanol–water partition coefficient (Wildman–Crippen LogP) is 13.1. The summed E-state index contributed by atoms with van der Waals surface area (Å²) in [7, 11) is 0. The molecule has 6 heteroatoms. The van der Waals surface area contributed by atoms with Crippen LogP contribution in [0.3, 0.4) is 0 Å². The molecule has 0 aliphatic carbocycles. The average molecular weight is 735 g/mol. The molecule has 270 valence electrons. The molecular formula is C51H34N4O2. The largest absolute Gasteiger partial charge is 0.456 e. The summed E-state index contributed by atoms with van der Waals surface area (Å²) in [5.74, 6) is 1.31. The van der Waals surface area contributed by atoms with Crippen LogP contribution in [0.15, 0.2) is 213 Å². The van der Waals surface area contributed by atoms with Crippen LogP contribution in [0.25, 0.3) is 55.0 Å². The SMILES string of the molecule is c1ccc(C2=NC(c3ccc(N(c4ccccc4)c4ccc(-c5ccccc5)cc4)c4c3oc3ccccc34)=NC(c3ccc4c(c3)oc3ccccc34)N2)cc1. The van der Waals surface area contributed by atoms with Crippen LogP contribution in [0.5, 0.6) is 0 Å². The van der Waals surface area contributed by atoms with Gasteiger partial charge in [-0.15, -0.1) is 0 Å². The van der Waals surface area contributed by atoms with E-state index in [0.717, 1.165) is 89.0 Å². The van der Waals surface area contributed by atoms with Crippen LogP contribution in [0, 0.1) is 0 Å². The van der Waals surface area contributed by atoms with Crippen molar-refractivity contribution >= 4 is 72.6 Å². The van der Waals surface area contributed by atoms with Crippen LogP contribution in [-0.4, -0.2) is 11.7 Å². The molecule has 0 spiro atoms. The standard InChI is InChI=1S/C51H34N4O2/c1-4-14-33(15-5-1)34-24-27-38(28-25-34)55(37-18-8-3-9-19-37)43-31-30-42(48-47(43)41-21-11-13-23-45(41)57-48)51-53-49(35-16-6-2-7-17-35)52-50(54-51)36-26-29-40-39-20-10-12-22-44(39)56-46(40)32-36/h1-32,50H,(H,52,53,54). The molecule has 10 aromatic rings. The quantitative estimate of drug-likeness (QED) is 0.177. The van der Waals surface area contributed by atoms with Gasteiger partial charge in [0, 0.05) is 38.7 Å². The molecule has 3 heterocycles. The zero-order valence-corrected chi connectivity index (χ0v) is 30.7. The number of amidine groups is 2. The summed E-state index contributed by atoms with van der Waals surface area (Å²) in [6.07, 6.45) is -0.437. The van der Waals surface area contributed by atoms with Crippen molar-refractivity contribution in [3.05, 3.63) is 211 Å². The summed E-state index contributed by atoms with van der Waals surface area (Å²) < 4.78 is 13.1. The van der Waals surface area contributed by atoms with Gasteiger partial charge in [-0.25, -0.2) is 9.98 Å². The van der Waals surface area contributed by atoms with E-state index < -0.39 is 6.17 Å². The molecule has 57 heavy (non-hydrogen) atoms. The minimum Gasteiger partial charge on any atom is -0.456 e. The van der Waals surface area contributed by atoms with Crippen molar-refractivity contribution in [2.45, 2.75) is 6.17 Å². The molecule has 0 amide bonds. The van der Waals surface area contributed by atoms with E-state index in [1.165, 1.54) is 5.56 Å². The Labute approximate surface area is 328 Å². The van der Waals surface area contributed by atoms with E-state index in [9.17, 15) is 0 Å². The first-order valence-corrected chi connectivity index (χ1v) is 19.1. The number of para-hydroxylation sites is 3. The van der Waals surface area contributed by atoms with Crippen LogP contribution < -0.4 is 10.2 Å². The third-order valence-corrected chi connectivity index (χ3v) is 10.7. The average Bonchev–Trinajstić information content (AvgIpc) is 3.86. The maximum absolute atomic E-state index is 6.84. The van der Waals surface area contributed by atoms with Crippen LogP contribution in [0.4, 0.5) is 17.1 Å². The summed E-state index contributed by atoms with van der Waals surface area (Å²) in [4.78, 5) is 12.8. The number of aliphatic imine (C=N–C) groups is 2. The topological polar surface area (TPSA) is 66.3 Å². The van der Waals surface area contributed by atoms with Crippen molar-refractivity contribution in [1.82, 2.24) is 5.32 Å². The Morgan fingerprint density at radius 2 is 1.07 bits per heavy atom. The van der Waals surface area contributed by atoms with Gasteiger partial charge in [0.05, 0.1) is 16.6 Å². The van der Waals surface area contributed by atoms with Gasteiger partial charge >= 0.3 is 0 Å². The summed E-state index contributed by atoms with van der Waals surface area (Å²) in [5, 5.41) is 7.79. The fraction of sp³-hybridized carbons (Fsp3) is 0.0196. The molecule has 8 aromatic carbocycles. The molecule has 1 aliphatic heterocycles. The highest BCUT2D eigenvalue weighted by Gasteiger charge is 2.27. The molecular weight excluding hydrogens is 701 g/mol. The molecule has 1 N–H and O–H groups in total. The lowest BCUT2D eigenvalue weighted by atomic mass is 10.0. The van der Waals surface area contributed by atoms with E-state index in [-0.39, 0.29) is 0 Å². The molecule has 0 saturated carbocycles. The van der Waals surface area contributed by atoms with Gasteiger partial charge in [-0.1, -0.05) is 140 Å². The number of nitrogens with one attached hydrogen (secondary N) is 1. The Morgan fingerprint density at radius 1 is 0.474 bits per heavy atom. The molecule has 1 unspecified atom stereocenters. The number of rotatable bonds is 7. The van der Waals surface area contributed by atoms with E-state index in [4.69, 9.17) is 18.8 Å². The zero-order valence-electron chi connectivity index (χ0n) is 30.7. The van der Waals surface area contributed by atoms with Crippen molar-refractivity contribution in [2.75, 3.05) is 4.90 Å². The maximum atomic E-state index is 6.84. The Balaban J connectivity index is 1.10. The molecule has 0 saturated heterocycles. The number of hydrogen-bond acceptors (Lipinski definition) is 6. The van der Waals surface area contributed by atoms with Gasteiger partial charge in [0.1, 0.15) is 34.3 Å². The monoisotopic (exact) mass is 734 g/mol. The lowest BCUT2D eigenvalue weighted by molar-refractivity contribution is 0.653. The second kappa shape index (κ2) is 13.6. The fourth-order valence-corrected chi connectivity index (χ4v) is 8.01. The Morgan fingerprint density at radius 3 is 1.82 bits per heavy atom. The summed E-state index contributed by atoms with van der Waals surface area (Å²) in [5.41, 5.74) is 11.3. The van der Waals surface area contributed by atoms with E-state index in [1.807, 2.05) is 60.7 Å². The molecule has 1 aliphatic rings. The van der Waals surface area contributed by atoms with Crippen molar-refractivity contribution in [3.63, 3.8) is 0 Å². The van der Waals surface area contributed by atoms with Crippen molar-refractivity contribution in [2.24, 2.45) is 9.98 Å². The highest BCUT2D eigenvalue weighted by Crippen LogP contribution is 2.45. The molecule has 0 radical (unpaired) electrons. The highest BCUT2D eigenvalue weighted by atomic mass is 16.3. The maximum Gasteiger partial charge on any atom is 0.163 e. The number of furan rings is 2. The molecule has 0 fully saturated rings. The van der Waals surface area contributed by atoms with E-state index in [2.05, 4.69) is 144 Å². The Kier molecular flexibility index (Phi) is 7.78. The number of anilines is 3. The molecule has 11 rings (SSSR count). The van der Waals surface area contributed by atoms with E-state index in [0.29, 0.717) is 5.84 Å². The van der Waals surface area contributed by atoms with Crippen LogP contribution >= 0.6 is 0 Å². The van der Waals surface area contributed by atoms with Crippen molar-refractivity contribution in [1.29, 1.82) is 0 Å². The van der Waals surface area contributed by atoms with Crippen LogP contribution in [0.2, 0.25) is 0 Å². The number of fused-ring (bicyclic) bond motifs is 6.